The summed E-state index contributed by atoms with van der Waals surface area (Å²) in [6.07, 6.45) is -1.37. The summed E-state index contributed by atoms with van der Waals surface area (Å²) >= 11 is 6.57. The van der Waals surface area contributed by atoms with Crippen molar-refractivity contribution in [2.75, 3.05) is 40.5 Å². The Morgan fingerprint density at radius 3 is 2.53 bits per heavy atom. The van der Waals surface area contributed by atoms with Gasteiger partial charge in [-0.05, 0) is 67.9 Å². The number of piperidine rings is 2. The Hall–Kier alpha value is -5.72. The molecule has 9 rings (SSSR count). The van der Waals surface area contributed by atoms with Gasteiger partial charge >= 0.3 is 12.1 Å². The van der Waals surface area contributed by atoms with E-state index in [1.807, 2.05) is 11.8 Å². The summed E-state index contributed by atoms with van der Waals surface area (Å²) in [6, 6.07) is 6.46. The molecule has 1 saturated carbocycles. The van der Waals surface area contributed by atoms with E-state index in [-0.39, 0.29) is 75.3 Å². The van der Waals surface area contributed by atoms with Gasteiger partial charge in [0.2, 0.25) is 23.5 Å². The largest absolute Gasteiger partial charge is 0.480 e. The number of aromatic nitrogens is 5. The van der Waals surface area contributed by atoms with Gasteiger partial charge in [0.25, 0.3) is 5.56 Å². The number of alkyl halides is 5. The molecule has 3 aromatic heterocycles. The molecule has 5 aromatic rings. The first-order chi connectivity index (χ1) is 28.5. The lowest BCUT2D eigenvalue weighted by Crippen LogP contribution is -2.46. The topological polar surface area (TPSA) is 160 Å². The molecule has 4 aliphatic rings. The Balaban J connectivity index is 0.948. The number of benzene rings is 2. The van der Waals surface area contributed by atoms with Crippen molar-refractivity contribution in [1.82, 2.24) is 29.6 Å². The molecular weight excluding hydrogens is 815 g/mol. The summed E-state index contributed by atoms with van der Waals surface area (Å²) < 4.78 is 82.9. The molecule has 6 heterocycles. The summed E-state index contributed by atoms with van der Waals surface area (Å²) in [4.78, 5) is 48.7. The molecule has 0 radical (unpaired) electrons. The lowest BCUT2D eigenvalue weighted by Gasteiger charge is -2.38. The van der Waals surface area contributed by atoms with Gasteiger partial charge < -0.3 is 30.2 Å². The first-order valence-corrected chi connectivity index (χ1v) is 20.0. The zero-order chi connectivity index (χ0) is 42.4. The lowest BCUT2D eigenvalue weighted by atomic mass is 9.91. The molecule has 316 valence electrons. The van der Waals surface area contributed by atoms with Crippen LogP contribution >= 0.6 is 11.6 Å². The number of fused-ring (bicyclic) bond motifs is 4. The van der Waals surface area contributed by atoms with Crippen molar-refractivity contribution < 1.29 is 36.3 Å². The number of ether oxygens (including phenoxy) is 1. The smallest absolute Gasteiger partial charge is 0.420 e. The molecule has 20 heteroatoms. The summed E-state index contributed by atoms with van der Waals surface area (Å²) in [5, 5.41) is 16.8. The monoisotopic (exact) mass is 854 g/mol. The zero-order valence-electron chi connectivity index (χ0n) is 32.6. The van der Waals surface area contributed by atoms with Crippen molar-refractivity contribution in [2.45, 2.75) is 69.1 Å². The molecule has 0 bridgehead atoms. The average molecular weight is 855 g/mol. The number of pyridine rings is 1. The number of imide groups is 1. The van der Waals surface area contributed by atoms with Crippen LogP contribution in [0.25, 0.3) is 21.8 Å². The number of anilines is 5. The van der Waals surface area contributed by atoms with E-state index in [0.717, 1.165) is 4.68 Å². The standard InChI is InChI=1S/C40H40ClF5N10O4/c1-18-16-56(13-12-25(18)49-26-9-7-21-30(22-8-11-28(57)50-36(22)58)53-55(3)32(21)29(26)40(44,45)46)38-47-15-24(41)35(52-38)48-20-6-10-27-23(14-20)31-33(37(59)54(27)2)60-17-39(42,43)34(51-31)19-4-5-19/h6-7,9-10,14-15,18-19,22,25,34,49,51H,4-5,8,11-13,16-17H2,1-3H3,(H,47,48,52)(H,50,57,58). The van der Waals surface area contributed by atoms with Gasteiger partial charge in [0.05, 0.1) is 40.6 Å². The Labute approximate surface area is 343 Å². The van der Waals surface area contributed by atoms with Crippen LogP contribution in [0.3, 0.4) is 0 Å². The third-order valence-corrected chi connectivity index (χ3v) is 12.3. The minimum atomic E-state index is -4.76. The number of hydrogen-bond acceptors (Lipinski definition) is 11. The first-order valence-electron chi connectivity index (χ1n) is 19.6. The third kappa shape index (κ3) is 6.99. The van der Waals surface area contributed by atoms with Gasteiger partial charge in [-0.25, -0.2) is 13.8 Å². The number of aryl methyl sites for hydroxylation is 2. The summed E-state index contributed by atoms with van der Waals surface area (Å²) in [5.41, 5.74) is -0.311. The van der Waals surface area contributed by atoms with E-state index in [0.29, 0.717) is 54.9 Å². The van der Waals surface area contributed by atoms with Crippen molar-refractivity contribution in [1.29, 1.82) is 0 Å². The van der Waals surface area contributed by atoms with Crippen molar-refractivity contribution in [3.8, 4) is 5.75 Å². The number of halogens is 6. The second-order valence-corrected chi connectivity index (χ2v) is 16.6. The van der Waals surface area contributed by atoms with Gasteiger partial charge in [-0.3, -0.25) is 24.4 Å². The molecule has 4 N–H and O–H groups in total. The summed E-state index contributed by atoms with van der Waals surface area (Å²) in [5.74, 6) is -5.07. The maximum atomic E-state index is 15.2. The molecule has 3 aliphatic heterocycles. The van der Waals surface area contributed by atoms with Gasteiger partial charge in [0.15, 0.2) is 12.4 Å². The number of amides is 2. The number of hydrogen-bond donors (Lipinski definition) is 4. The Bertz CT molecular complexity index is 2650. The third-order valence-electron chi connectivity index (χ3n) is 12.0. The minimum absolute atomic E-state index is 0.0634. The first kappa shape index (κ1) is 39.7. The molecule has 2 amide bonds. The van der Waals surface area contributed by atoms with Crippen LogP contribution < -0.4 is 36.5 Å². The predicted octanol–water partition coefficient (Wildman–Crippen LogP) is 6.70. The Kier molecular flexibility index (Phi) is 9.59. The molecule has 1 aliphatic carbocycles. The van der Waals surface area contributed by atoms with E-state index >= 15 is 8.78 Å². The van der Waals surface area contributed by atoms with Crippen molar-refractivity contribution in [3.05, 3.63) is 63.2 Å². The maximum Gasteiger partial charge on any atom is 0.420 e. The Morgan fingerprint density at radius 2 is 1.82 bits per heavy atom. The number of nitrogens with one attached hydrogen (secondary N) is 4. The van der Waals surface area contributed by atoms with E-state index in [9.17, 15) is 27.6 Å². The van der Waals surface area contributed by atoms with Gasteiger partial charge in [-0.2, -0.15) is 23.3 Å². The van der Waals surface area contributed by atoms with E-state index in [1.165, 1.54) is 29.9 Å². The number of carbonyl (C=O) groups is 2. The average Bonchev–Trinajstić information content (AvgIpc) is 4.00. The van der Waals surface area contributed by atoms with Crippen molar-refractivity contribution >= 4 is 74.0 Å². The van der Waals surface area contributed by atoms with E-state index < -0.39 is 53.6 Å². The second kappa shape index (κ2) is 14.5. The second-order valence-electron chi connectivity index (χ2n) is 16.2. The normalized spacial score (nSPS) is 23.1. The molecule has 4 atom stereocenters. The van der Waals surface area contributed by atoms with E-state index in [2.05, 4.69) is 31.3 Å². The highest BCUT2D eigenvalue weighted by atomic mass is 35.5. The van der Waals surface area contributed by atoms with Crippen LogP contribution in [0.1, 0.15) is 56.2 Å². The minimum Gasteiger partial charge on any atom is -0.480 e. The van der Waals surface area contributed by atoms with Crippen molar-refractivity contribution in [2.24, 2.45) is 25.9 Å². The quantitative estimate of drug-likeness (QED) is 0.102. The van der Waals surface area contributed by atoms with Gasteiger partial charge in [0.1, 0.15) is 10.6 Å². The molecule has 2 saturated heterocycles. The van der Waals surface area contributed by atoms with E-state index in [1.54, 1.807) is 25.2 Å². The van der Waals surface area contributed by atoms with Crippen LogP contribution in [-0.2, 0) is 29.9 Å². The Morgan fingerprint density at radius 1 is 1.03 bits per heavy atom. The van der Waals surface area contributed by atoms with Gasteiger partial charge in [-0.15, -0.1) is 0 Å². The van der Waals surface area contributed by atoms with E-state index in [4.69, 9.17) is 21.3 Å². The predicted molar refractivity (Wildman–Crippen MR) is 214 cm³/mol. The van der Waals surface area contributed by atoms with Crippen LogP contribution in [0, 0.1) is 11.8 Å². The SMILES string of the molecule is CC1CN(c2ncc(Cl)c(Nc3ccc4c(c3)c3c(c(=O)n4C)OCC(F)(F)C(C4CC4)N3)n2)CCC1Nc1ccc2c(C3CCC(=O)NC3=O)nn(C)c2c1C(F)(F)F. The highest BCUT2D eigenvalue weighted by molar-refractivity contribution is 6.33. The molecule has 14 nitrogen and oxygen atoms in total. The molecule has 0 spiro atoms. The van der Waals surface area contributed by atoms with Crippen LogP contribution in [0.4, 0.5) is 50.8 Å². The number of carbonyl (C=O) groups excluding carboxylic acids is 2. The van der Waals surface area contributed by atoms with Gasteiger partial charge in [-0.1, -0.05) is 18.5 Å². The fourth-order valence-corrected chi connectivity index (χ4v) is 8.92. The fraction of sp³-hybridized carbons (Fsp3) is 0.450. The van der Waals surface area contributed by atoms with Crippen LogP contribution in [0.2, 0.25) is 5.02 Å². The zero-order valence-corrected chi connectivity index (χ0v) is 33.3. The molecule has 3 fully saturated rings. The molecule has 2 aromatic carbocycles. The van der Waals surface area contributed by atoms with Gasteiger partial charge in [0, 0.05) is 61.8 Å². The summed E-state index contributed by atoms with van der Waals surface area (Å²) in [7, 11) is 2.95. The van der Waals surface area contributed by atoms with Crippen LogP contribution in [0.15, 0.2) is 41.3 Å². The van der Waals surface area contributed by atoms with Crippen molar-refractivity contribution in [3.63, 3.8) is 0 Å². The fourth-order valence-electron chi connectivity index (χ4n) is 8.78. The highest BCUT2D eigenvalue weighted by Crippen LogP contribution is 2.46. The van der Waals surface area contributed by atoms with Crippen LogP contribution in [0.5, 0.6) is 5.75 Å². The molecular formula is C40H40ClF5N10O4. The maximum absolute atomic E-state index is 15.2. The lowest BCUT2D eigenvalue weighted by molar-refractivity contribution is -0.136. The number of rotatable bonds is 7. The summed E-state index contributed by atoms with van der Waals surface area (Å²) in [6.45, 7) is 1.79. The molecule has 60 heavy (non-hydrogen) atoms. The number of nitrogens with zero attached hydrogens (tertiary/aromatic N) is 6. The molecule has 4 unspecified atom stereocenters. The van der Waals surface area contributed by atoms with Crippen LogP contribution in [-0.4, -0.2) is 73.8 Å². The highest BCUT2D eigenvalue weighted by Gasteiger charge is 2.51.